The lowest BCUT2D eigenvalue weighted by molar-refractivity contribution is 0.0893. The third-order valence-corrected chi connectivity index (χ3v) is 8.06. The fourth-order valence-electron chi connectivity index (χ4n) is 5.33. The molecule has 1 fully saturated rings. The molecule has 0 radical (unpaired) electrons. The molecule has 12 heteroatoms. The van der Waals surface area contributed by atoms with E-state index < -0.39 is 0 Å². The van der Waals surface area contributed by atoms with Crippen LogP contribution in [0.2, 0.25) is 0 Å². The molecular weight excluding hydrogens is 480 g/mol. The van der Waals surface area contributed by atoms with Gasteiger partial charge in [-0.05, 0) is 40.0 Å². The third-order valence-electron chi connectivity index (χ3n) is 8.06. The minimum Gasteiger partial charge on any atom is -0.329 e. The van der Waals surface area contributed by atoms with E-state index in [4.69, 9.17) is 34.4 Å². The molecule has 12 nitrogen and oxygen atoms in total. The van der Waals surface area contributed by atoms with Crippen LogP contribution in [0.3, 0.4) is 0 Å². The van der Waals surface area contributed by atoms with Crippen molar-refractivity contribution in [1.29, 1.82) is 0 Å². The Hall–Kier alpha value is -0.480. The quantitative estimate of drug-likeness (QED) is 0.0703. The summed E-state index contributed by atoms with van der Waals surface area (Å²) in [6.07, 6.45) is 2.11. The van der Waals surface area contributed by atoms with Crippen molar-refractivity contribution in [2.45, 2.75) is 24.9 Å². The summed E-state index contributed by atoms with van der Waals surface area (Å²) in [5.41, 5.74) is 35.7. The fraction of sp³-hybridized carbons (Fsp3) is 1.00. The van der Waals surface area contributed by atoms with Crippen LogP contribution in [0.25, 0.3) is 0 Å². The molecule has 0 spiro atoms. The molecule has 1 aliphatic rings. The predicted molar refractivity (Wildman–Crippen MR) is 162 cm³/mol. The van der Waals surface area contributed by atoms with Crippen LogP contribution >= 0.6 is 0 Å². The van der Waals surface area contributed by atoms with Crippen molar-refractivity contribution in [2.24, 2.45) is 34.4 Å². The Labute approximate surface area is 233 Å². The first-order valence-corrected chi connectivity index (χ1v) is 14.9. The van der Waals surface area contributed by atoms with Crippen molar-refractivity contribution < 1.29 is 0 Å². The monoisotopic (exact) mass is 545 g/mol. The highest BCUT2D eigenvalue weighted by Crippen LogP contribution is 2.10. The maximum absolute atomic E-state index is 6.21. The van der Waals surface area contributed by atoms with Gasteiger partial charge in [-0.25, -0.2) is 0 Å². The van der Waals surface area contributed by atoms with Crippen LogP contribution in [0.4, 0.5) is 0 Å². The Morgan fingerprint density at radius 1 is 0.579 bits per heavy atom. The Bertz CT molecular complexity index is 534. The van der Waals surface area contributed by atoms with E-state index in [1.807, 2.05) is 0 Å². The smallest absolute Gasteiger partial charge is 0.0231 e. The van der Waals surface area contributed by atoms with Gasteiger partial charge in [0.15, 0.2) is 0 Å². The largest absolute Gasteiger partial charge is 0.329 e. The van der Waals surface area contributed by atoms with Gasteiger partial charge in [0, 0.05) is 130 Å². The third kappa shape index (κ3) is 14.8. The number of hydrogen-bond acceptors (Lipinski definition) is 12. The van der Waals surface area contributed by atoms with Crippen molar-refractivity contribution in [3.05, 3.63) is 0 Å². The van der Waals surface area contributed by atoms with E-state index in [-0.39, 0.29) is 0 Å². The highest BCUT2D eigenvalue weighted by atomic mass is 15.3. The van der Waals surface area contributed by atoms with Crippen molar-refractivity contribution in [1.82, 2.24) is 29.4 Å². The normalized spacial score (nSPS) is 17.4. The standard InChI is InChI=1S/C26H64N12/c1-33(11-5-27)15-16-34(2)25(23-31)3-9-35(12-6-28)17-18-36(13-7-29)10-4-26(24-32)38-21-19-37(14-8-30)20-22-38/h25-26H,3-24,27-32H2,1-2H3. The number of rotatable bonds is 24. The summed E-state index contributed by atoms with van der Waals surface area (Å²) in [6.45, 7) is 18.1. The first-order valence-electron chi connectivity index (χ1n) is 14.9. The van der Waals surface area contributed by atoms with E-state index in [9.17, 15) is 0 Å². The molecule has 0 bridgehead atoms. The number of nitrogens with two attached hydrogens (primary N) is 6. The van der Waals surface area contributed by atoms with Gasteiger partial charge in [0.2, 0.25) is 0 Å². The topological polar surface area (TPSA) is 176 Å². The molecule has 0 aromatic rings. The van der Waals surface area contributed by atoms with Crippen LogP contribution in [-0.4, -0.2) is 186 Å². The molecule has 1 saturated heterocycles. The zero-order valence-corrected chi connectivity index (χ0v) is 24.9. The minimum absolute atomic E-state index is 0.359. The Balaban J connectivity index is 2.51. The molecule has 12 N–H and O–H groups in total. The number of piperazine rings is 1. The average Bonchev–Trinajstić information content (AvgIpc) is 2.92. The van der Waals surface area contributed by atoms with Gasteiger partial charge in [-0.15, -0.1) is 0 Å². The van der Waals surface area contributed by atoms with Crippen molar-refractivity contribution in [3.8, 4) is 0 Å². The zero-order chi connectivity index (χ0) is 28.2. The molecular formula is C26H64N12. The predicted octanol–water partition coefficient (Wildman–Crippen LogP) is -3.66. The molecule has 2 unspecified atom stereocenters. The van der Waals surface area contributed by atoms with Crippen LogP contribution in [0.15, 0.2) is 0 Å². The van der Waals surface area contributed by atoms with E-state index in [0.717, 1.165) is 111 Å². The van der Waals surface area contributed by atoms with Crippen LogP contribution < -0.4 is 34.4 Å². The maximum Gasteiger partial charge on any atom is 0.0231 e. The summed E-state index contributed by atoms with van der Waals surface area (Å²) in [7, 11) is 4.30. The molecule has 1 heterocycles. The second kappa shape index (κ2) is 22.2. The van der Waals surface area contributed by atoms with Crippen LogP contribution in [0.1, 0.15) is 12.8 Å². The van der Waals surface area contributed by atoms with Crippen molar-refractivity contribution >= 4 is 0 Å². The Kier molecular flexibility index (Phi) is 20.8. The van der Waals surface area contributed by atoms with E-state index in [1.165, 1.54) is 0 Å². The molecule has 0 aromatic carbocycles. The summed E-state index contributed by atoms with van der Waals surface area (Å²) in [6, 6.07) is 0.775. The van der Waals surface area contributed by atoms with Crippen LogP contribution in [-0.2, 0) is 0 Å². The molecule has 0 aliphatic carbocycles. The lowest BCUT2D eigenvalue weighted by atomic mass is 10.1. The molecule has 0 amide bonds. The summed E-state index contributed by atoms with van der Waals surface area (Å²) in [5.74, 6) is 0. The number of nitrogens with zero attached hydrogens (tertiary/aromatic N) is 6. The summed E-state index contributed by atoms with van der Waals surface area (Å²) < 4.78 is 0. The lowest BCUT2D eigenvalue weighted by Crippen LogP contribution is -2.53. The van der Waals surface area contributed by atoms with E-state index >= 15 is 0 Å². The van der Waals surface area contributed by atoms with E-state index in [0.29, 0.717) is 44.8 Å². The highest BCUT2D eigenvalue weighted by molar-refractivity contribution is 4.81. The van der Waals surface area contributed by atoms with Crippen LogP contribution in [0, 0.1) is 0 Å². The fourth-order valence-corrected chi connectivity index (χ4v) is 5.33. The molecule has 1 rings (SSSR count). The van der Waals surface area contributed by atoms with Gasteiger partial charge >= 0.3 is 0 Å². The second-order valence-electron chi connectivity index (χ2n) is 10.9. The van der Waals surface area contributed by atoms with Gasteiger partial charge in [-0.2, -0.15) is 0 Å². The highest BCUT2D eigenvalue weighted by Gasteiger charge is 2.23. The molecule has 0 aromatic heterocycles. The van der Waals surface area contributed by atoms with E-state index in [2.05, 4.69) is 43.5 Å². The van der Waals surface area contributed by atoms with Crippen molar-refractivity contribution in [3.63, 3.8) is 0 Å². The zero-order valence-electron chi connectivity index (χ0n) is 24.9. The Morgan fingerprint density at radius 2 is 1.16 bits per heavy atom. The lowest BCUT2D eigenvalue weighted by Gasteiger charge is -2.39. The van der Waals surface area contributed by atoms with Gasteiger partial charge in [-0.1, -0.05) is 0 Å². The van der Waals surface area contributed by atoms with Crippen molar-refractivity contribution in [2.75, 3.05) is 145 Å². The minimum atomic E-state index is 0.359. The molecule has 0 saturated carbocycles. The summed E-state index contributed by atoms with van der Waals surface area (Å²) in [4.78, 5) is 14.6. The number of likely N-dealkylation sites (N-methyl/N-ethyl adjacent to an activating group) is 2. The number of hydrogen-bond donors (Lipinski definition) is 6. The first-order chi connectivity index (χ1) is 18.4. The van der Waals surface area contributed by atoms with Gasteiger partial charge < -0.3 is 54.0 Å². The van der Waals surface area contributed by atoms with Gasteiger partial charge in [0.05, 0.1) is 0 Å². The molecule has 1 aliphatic heterocycles. The maximum atomic E-state index is 6.21. The summed E-state index contributed by atoms with van der Waals surface area (Å²) >= 11 is 0. The van der Waals surface area contributed by atoms with Crippen LogP contribution in [0.5, 0.6) is 0 Å². The molecule has 38 heavy (non-hydrogen) atoms. The average molecular weight is 545 g/mol. The Morgan fingerprint density at radius 3 is 1.66 bits per heavy atom. The molecule has 2 atom stereocenters. The second-order valence-corrected chi connectivity index (χ2v) is 10.9. The molecule has 228 valence electrons. The van der Waals surface area contributed by atoms with Gasteiger partial charge in [-0.3, -0.25) is 9.80 Å². The van der Waals surface area contributed by atoms with E-state index in [1.54, 1.807) is 0 Å². The summed E-state index contributed by atoms with van der Waals surface area (Å²) in [5, 5.41) is 0. The van der Waals surface area contributed by atoms with Gasteiger partial charge in [0.1, 0.15) is 0 Å². The SMILES string of the molecule is CN(CCN)CCN(C)C(CN)CCN(CCN)CCN(CCN)CCC(CN)N1CCN(CCN)CC1. The first kappa shape index (κ1) is 35.5. The van der Waals surface area contributed by atoms with Gasteiger partial charge in [0.25, 0.3) is 0 Å².